The van der Waals surface area contributed by atoms with Crippen LogP contribution in [0.5, 0.6) is 0 Å². The molecule has 2 aromatic rings. The zero-order chi connectivity index (χ0) is 19.4. The third kappa shape index (κ3) is 5.26. The molecule has 0 spiro atoms. The largest absolute Gasteiger partial charge is 0.322 e. The third-order valence-corrected chi connectivity index (χ3v) is 6.17. The van der Waals surface area contributed by atoms with Gasteiger partial charge < -0.3 is 5.32 Å². The maximum Gasteiger partial charge on any atom is 0.255 e. The Kier molecular flexibility index (Phi) is 6.11. The number of allylic oxidation sites excluding steroid dienone is 1. The van der Waals surface area contributed by atoms with Crippen molar-refractivity contribution in [1.29, 1.82) is 0 Å². The van der Waals surface area contributed by atoms with Gasteiger partial charge in [0, 0.05) is 16.2 Å². The Balaban J connectivity index is 1.67. The summed E-state index contributed by atoms with van der Waals surface area (Å²) >= 11 is 1.92. The molecule has 0 fully saturated rings. The molecule has 1 amide bonds. The average Bonchev–Trinajstić information content (AvgIpc) is 2.86. The average molecular weight is 380 g/mol. The first kappa shape index (κ1) is 19.8. The van der Waals surface area contributed by atoms with E-state index in [-0.39, 0.29) is 11.3 Å². The maximum absolute atomic E-state index is 12.6. The van der Waals surface area contributed by atoms with Crippen LogP contribution in [0.1, 0.15) is 62.0 Å². The van der Waals surface area contributed by atoms with E-state index >= 15 is 0 Å². The van der Waals surface area contributed by atoms with Crippen LogP contribution >= 0.6 is 11.8 Å². The zero-order valence-corrected chi connectivity index (χ0v) is 17.5. The monoisotopic (exact) mass is 379 g/mol. The van der Waals surface area contributed by atoms with Crippen molar-refractivity contribution in [3.8, 4) is 0 Å². The van der Waals surface area contributed by atoms with Crippen molar-refractivity contribution in [2.45, 2.75) is 46.0 Å². The molecule has 1 unspecified atom stereocenters. The highest BCUT2D eigenvalue weighted by Crippen LogP contribution is 2.33. The number of thioether (sulfide) groups is 1. The van der Waals surface area contributed by atoms with Gasteiger partial charge in [-0.05, 0) is 65.3 Å². The highest BCUT2D eigenvalue weighted by Gasteiger charge is 2.14. The van der Waals surface area contributed by atoms with Crippen molar-refractivity contribution < 1.29 is 4.79 Å². The molecule has 0 radical (unpaired) electrons. The molecule has 1 heterocycles. The molecule has 1 aliphatic heterocycles. The van der Waals surface area contributed by atoms with Gasteiger partial charge in [-0.3, -0.25) is 4.79 Å². The summed E-state index contributed by atoms with van der Waals surface area (Å²) in [5, 5.41) is 2.99. The van der Waals surface area contributed by atoms with E-state index < -0.39 is 0 Å². The van der Waals surface area contributed by atoms with Crippen LogP contribution < -0.4 is 5.32 Å². The molecule has 0 aliphatic carbocycles. The van der Waals surface area contributed by atoms with Crippen LogP contribution in [-0.2, 0) is 5.41 Å². The Morgan fingerprint density at radius 2 is 1.70 bits per heavy atom. The van der Waals surface area contributed by atoms with Crippen molar-refractivity contribution in [2.75, 3.05) is 11.1 Å². The van der Waals surface area contributed by atoms with Gasteiger partial charge in [-0.1, -0.05) is 58.0 Å². The first-order chi connectivity index (χ1) is 12.8. The normalized spacial score (nSPS) is 17.8. The predicted octanol–water partition coefficient (Wildman–Crippen LogP) is 6.74. The lowest BCUT2D eigenvalue weighted by molar-refractivity contribution is 0.102. The lowest BCUT2D eigenvalue weighted by atomic mass is 9.87. The van der Waals surface area contributed by atoms with Gasteiger partial charge in [0.15, 0.2) is 0 Å². The predicted molar refractivity (Wildman–Crippen MR) is 118 cm³/mol. The molecule has 27 heavy (non-hydrogen) atoms. The fourth-order valence-corrected chi connectivity index (χ4v) is 4.36. The molecule has 142 valence electrons. The summed E-state index contributed by atoms with van der Waals surface area (Å²) in [4.78, 5) is 13.9. The smallest absolute Gasteiger partial charge is 0.255 e. The van der Waals surface area contributed by atoms with Gasteiger partial charge in [0.1, 0.15) is 0 Å². The van der Waals surface area contributed by atoms with Crippen molar-refractivity contribution in [2.24, 2.45) is 5.92 Å². The van der Waals surface area contributed by atoms with Crippen LogP contribution in [0, 0.1) is 5.92 Å². The summed E-state index contributed by atoms with van der Waals surface area (Å²) in [6.07, 6.45) is 4.74. The topological polar surface area (TPSA) is 29.1 Å². The van der Waals surface area contributed by atoms with Gasteiger partial charge in [0.05, 0.1) is 0 Å². The maximum atomic E-state index is 12.6. The number of carbonyl (C=O) groups excluding carboxylic acids is 1. The van der Waals surface area contributed by atoms with E-state index in [0.29, 0.717) is 5.56 Å². The second kappa shape index (κ2) is 8.35. The SMILES string of the molecule is CC1CC=C(c2ccc(C(=O)Nc3ccc(C(C)(C)C)cc3)cc2)SCC1. The van der Waals surface area contributed by atoms with Crippen LogP contribution in [0.25, 0.3) is 4.91 Å². The molecule has 0 saturated carbocycles. The Labute approximate surface area is 167 Å². The number of anilines is 1. The summed E-state index contributed by atoms with van der Waals surface area (Å²) in [6, 6.07) is 16.1. The van der Waals surface area contributed by atoms with Crippen LogP contribution in [0.15, 0.2) is 54.6 Å². The van der Waals surface area contributed by atoms with E-state index in [1.807, 2.05) is 36.0 Å². The molecule has 0 aromatic heterocycles. The van der Waals surface area contributed by atoms with Crippen molar-refractivity contribution in [3.63, 3.8) is 0 Å². The quantitative estimate of drug-likeness (QED) is 0.640. The summed E-state index contributed by atoms with van der Waals surface area (Å²) in [6.45, 7) is 8.86. The number of benzene rings is 2. The molecular formula is C24H29NOS. The summed E-state index contributed by atoms with van der Waals surface area (Å²) in [7, 11) is 0. The number of hydrogen-bond donors (Lipinski definition) is 1. The Morgan fingerprint density at radius 1 is 1.04 bits per heavy atom. The summed E-state index contributed by atoms with van der Waals surface area (Å²) < 4.78 is 0. The fourth-order valence-electron chi connectivity index (χ4n) is 3.10. The molecule has 3 rings (SSSR count). The Bertz CT molecular complexity index is 813. The van der Waals surface area contributed by atoms with E-state index in [4.69, 9.17) is 0 Å². The highest BCUT2D eigenvalue weighted by molar-refractivity contribution is 8.08. The van der Waals surface area contributed by atoms with Gasteiger partial charge in [-0.2, -0.15) is 0 Å². The standard InChI is InChI=1S/C24H29NOS/c1-17-5-14-22(27-16-15-17)18-6-8-19(9-7-18)23(26)25-21-12-10-20(11-13-21)24(2,3)4/h6-14,17H,5,15-16H2,1-4H3,(H,25,26). The highest BCUT2D eigenvalue weighted by atomic mass is 32.2. The molecule has 0 saturated heterocycles. The molecule has 2 nitrogen and oxygen atoms in total. The third-order valence-electron chi connectivity index (χ3n) is 5.01. The van der Waals surface area contributed by atoms with Gasteiger partial charge in [0.25, 0.3) is 5.91 Å². The van der Waals surface area contributed by atoms with Crippen LogP contribution in [0.3, 0.4) is 0 Å². The lowest BCUT2D eigenvalue weighted by Gasteiger charge is -2.19. The minimum absolute atomic E-state index is 0.0684. The van der Waals surface area contributed by atoms with Crippen LogP contribution in [0.2, 0.25) is 0 Å². The van der Waals surface area contributed by atoms with Crippen LogP contribution in [-0.4, -0.2) is 11.7 Å². The van der Waals surface area contributed by atoms with Gasteiger partial charge in [0.2, 0.25) is 0 Å². The Morgan fingerprint density at radius 3 is 2.33 bits per heavy atom. The summed E-state index contributed by atoms with van der Waals surface area (Å²) in [5.41, 5.74) is 4.09. The zero-order valence-electron chi connectivity index (χ0n) is 16.7. The number of hydrogen-bond acceptors (Lipinski definition) is 2. The molecule has 1 N–H and O–H groups in total. The van der Waals surface area contributed by atoms with E-state index in [1.54, 1.807) is 0 Å². The first-order valence-corrected chi connectivity index (χ1v) is 10.7. The number of nitrogens with one attached hydrogen (secondary N) is 1. The molecule has 0 bridgehead atoms. The minimum atomic E-state index is -0.0684. The number of carbonyl (C=O) groups is 1. The van der Waals surface area contributed by atoms with E-state index in [1.165, 1.54) is 28.2 Å². The van der Waals surface area contributed by atoms with Crippen molar-refractivity contribution >= 4 is 28.3 Å². The lowest BCUT2D eigenvalue weighted by Crippen LogP contribution is -2.13. The summed E-state index contributed by atoms with van der Waals surface area (Å²) in [5.74, 6) is 1.85. The fraction of sp³-hybridized carbons (Fsp3) is 0.375. The van der Waals surface area contributed by atoms with E-state index in [2.05, 4.69) is 63.4 Å². The second-order valence-corrected chi connectivity index (χ2v) is 9.54. The van der Waals surface area contributed by atoms with Gasteiger partial charge in [-0.15, -0.1) is 11.8 Å². The Hall–Kier alpha value is -2.00. The van der Waals surface area contributed by atoms with Crippen LogP contribution in [0.4, 0.5) is 5.69 Å². The van der Waals surface area contributed by atoms with E-state index in [0.717, 1.165) is 18.0 Å². The van der Waals surface area contributed by atoms with Crippen molar-refractivity contribution in [3.05, 3.63) is 71.3 Å². The molecule has 3 heteroatoms. The second-order valence-electron chi connectivity index (χ2n) is 8.41. The minimum Gasteiger partial charge on any atom is -0.322 e. The molecular weight excluding hydrogens is 350 g/mol. The molecule has 2 aromatic carbocycles. The van der Waals surface area contributed by atoms with Gasteiger partial charge in [-0.25, -0.2) is 0 Å². The number of rotatable bonds is 3. The molecule has 1 atom stereocenters. The molecule has 1 aliphatic rings. The van der Waals surface area contributed by atoms with E-state index in [9.17, 15) is 4.79 Å². The number of amides is 1. The first-order valence-electron chi connectivity index (χ1n) is 9.68. The van der Waals surface area contributed by atoms with Gasteiger partial charge >= 0.3 is 0 Å². The van der Waals surface area contributed by atoms with Crippen molar-refractivity contribution in [1.82, 2.24) is 0 Å².